The second-order valence-electron chi connectivity index (χ2n) is 4.03. The number of methoxy groups -OCH3 is 1. The number of nitrogens with zero attached hydrogens (tertiary/aromatic N) is 1. The Kier molecular flexibility index (Phi) is 4.53. The molecule has 2 heteroatoms. The van der Waals surface area contributed by atoms with Gasteiger partial charge in [0.25, 0.3) is 0 Å². The minimum atomic E-state index is 0.859. The lowest BCUT2D eigenvalue weighted by atomic mass is 10.1. The summed E-state index contributed by atoms with van der Waals surface area (Å²) in [5, 5.41) is 0. The second kappa shape index (κ2) is 6.60. The zero-order valence-electron chi connectivity index (χ0n) is 10.5. The molecule has 0 spiro atoms. The molecule has 0 atom stereocenters. The molecule has 0 aliphatic rings. The summed E-state index contributed by atoms with van der Waals surface area (Å²) in [7, 11) is 1.66. The number of aryl methyl sites for hydroxylation is 1. The molecule has 2 rings (SSSR count). The van der Waals surface area contributed by atoms with Crippen LogP contribution in [0, 0.1) is 0 Å². The third kappa shape index (κ3) is 3.74. The lowest BCUT2D eigenvalue weighted by Gasteiger charge is -1.99. The molecule has 0 radical (unpaired) electrons. The topological polar surface area (TPSA) is 21.6 Å². The van der Waals surface area contributed by atoms with Crippen LogP contribution >= 0.6 is 0 Å². The minimum absolute atomic E-state index is 0.859. The van der Waals surface area contributed by atoms with Crippen molar-refractivity contribution in [3.63, 3.8) is 0 Å². The molecule has 0 aliphatic carbocycles. The van der Waals surface area contributed by atoms with Gasteiger partial charge >= 0.3 is 0 Å². The van der Waals surface area contributed by atoms with Crippen LogP contribution in [0.2, 0.25) is 0 Å². The Morgan fingerprint density at radius 1 is 1.00 bits per heavy atom. The predicted molar refractivity (Wildman–Crippen MR) is 75.9 cm³/mol. The molecule has 0 amide bonds. The van der Waals surface area contributed by atoms with Gasteiger partial charge in [-0.15, -0.1) is 0 Å². The fourth-order valence-corrected chi connectivity index (χ4v) is 1.71. The highest BCUT2D eigenvalue weighted by Gasteiger charge is 1.91. The third-order valence-electron chi connectivity index (χ3n) is 2.72. The first-order valence-electron chi connectivity index (χ1n) is 6.09. The van der Waals surface area contributed by atoms with Gasteiger partial charge in [0.1, 0.15) is 5.75 Å². The monoisotopic (exact) mass is 239 g/mol. The van der Waals surface area contributed by atoms with Crippen molar-refractivity contribution in [1.29, 1.82) is 0 Å². The van der Waals surface area contributed by atoms with Crippen LogP contribution in [0.4, 0.5) is 5.69 Å². The average Bonchev–Trinajstić information content (AvgIpc) is 2.45. The maximum absolute atomic E-state index is 5.10. The van der Waals surface area contributed by atoms with Crippen LogP contribution in [0.15, 0.2) is 59.6 Å². The van der Waals surface area contributed by atoms with Crippen LogP contribution in [0.25, 0.3) is 0 Å². The van der Waals surface area contributed by atoms with Crippen molar-refractivity contribution >= 4 is 11.9 Å². The number of aliphatic imine (C=N–C) groups is 1. The Morgan fingerprint density at radius 2 is 1.72 bits per heavy atom. The molecule has 0 saturated carbocycles. The van der Waals surface area contributed by atoms with Crippen molar-refractivity contribution in [2.24, 2.45) is 4.99 Å². The first-order chi connectivity index (χ1) is 8.88. The Labute approximate surface area is 108 Å². The third-order valence-corrected chi connectivity index (χ3v) is 2.72. The van der Waals surface area contributed by atoms with E-state index in [9.17, 15) is 0 Å². The molecule has 2 aromatic rings. The van der Waals surface area contributed by atoms with Crippen molar-refractivity contribution in [1.82, 2.24) is 0 Å². The Bertz CT molecular complexity index is 488. The van der Waals surface area contributed by atoms with E-state index in [4.69, 9.17) is 4.74 Å². The van der Waals surface area contributed by atoms with Crippen LogP contribution in [0.3, 0.4) is 0 Å². The second-order valence-corrected chi connectivity index (χ2v) is 4.03. The number of hydrogen-bond donors (Lipinski definition) is 0. The summed E-state index contributed by atoms with van der Waals surface area (Å²) in [6, 6.07) is 18.2. The van der Waals surface area contributed by atoms with Crippen molar-refractivity contribution in [3.8, 4) is 5.75 Å². The molecule has 0 saturated heterocycles. The summed E-state index contributed by atoms with van der Waals surface area (Å²) in [4.78, 5) is 4.42. The van der Waals surface area contributed by atoms with Gasteiger partial charge in [-0.25, -0.2) is 0 Å². The first kappa shape index (κ1) is 12.4. The average molecular weight is 239 g/mol. The van der Waals surface area contributed by atoms with Crippen LogP contribution in [-0.4, -0.2) is 13.3 Å². The molecular weight excluding hydrogens is 222 g/mol. The molecular formula is C16H17NO. The highest BCUT2D eigenvalue weighted by Crippen LogP contribution is 2.17. The van der Waals surface area contributed by atoms with Crippen LogP contribution in [0.1, 0.15) is 12.0 Å². The van der Waals surface area contributed by atoms with E-state index in [1.165, 1.54) is 5.56 Å². The van der Waals surface area contributed by atoms with Gasteiger partial charge in [0.15, 0.2) is 0 Å². The molecule has 2 nitrogen and oxygen atoms in total. The highest BCUT2D eigenvalue weighted by molar-refractivity contribution is 5.63. The summed E-state index contributed by atoms with van der Waals surface area (Å²) in [6.07, 6.45) is 3.95. The lowest BCUT2D eigenvalue weighted by Crippen LogP contribution is -1.85. The molecule has 92 valence electrons. The smallest absolute Gasteiger partial charge is 0.119 e. The summed E-state index contributed by atoms with van der Waals surface area (Å²) < 4.78 is 5.10. The van der Waals surface area contributed by atoms with E-state index < -0.39 is 0 Å². The Hall–Kier alpha value is -2.09. The van der Waals surface area contributed by atoms with E-state index in [1.54, 1.807) is 7.11 Å². The van der Waals surface area contributed by atoms with E-state index in [0.29, 0.717) is 0 Å². The van der Waals surface area contributed by atoms with Crippen molar-refractivity contribution < 1.29 is 4.74 Å². The lowest BCUT2D eigenvalue weighted by molar-refractivity contribution is 0.415. The molecule has 0 aromatic heterocycles. The van der Waals surface area contributed by atoms with E-state index in [-0.39, 0.29) is 0 Å². The largest absolute Gasteiger partial charge is 0.497 e. The summed E-state index contributed by atoms with van der Waals surface area (Å²) in [5.41, 5.74) is 2.31. The van der Waals surface area contributed by atoms with E-state index >= 15 is 0 Å². The SMILES string of the molecule is COc1ccc(N=CCCc2ccccc2)cc1. The fraction of sp³-hybridized carbons (Fsp3) is 0.188. The number of rotatable bonds is 5. The van der Waals surface area contributed by atoms with Crippen molar-refractivity contribution in [2.75, 3.05) is 7.11 Å². The number of benzene rings is 2. The minimum Gasteiger partial charge on any atom is -0.497 e. The quantitative estimate of drug-likeness (QED) is 0.722. The molecule has 0 heterocycles. The highest BCUT2D eigenvalue weighted by atomic mass is 16.5. The predicted octanol–water partition coefficient (Wildman–Crippen LogP) is 4.03. The fourth-order valence-electron chi connectivity index (χ4n) is 1.71. The Morgan fingerprint density at radius 3 is 2.39 bits per heavy atom. The zero-order chi connectivity index (χ0) is 12.6. The van der Waals surface area contributed by atoms with Gasteiger partial charge in [-0.2, -0.15) is 0 Å². The van der Waals surface area contributed by atoms with Gasteiger partial charge in [-0.1, -0.05) is 30.3 Å². The molecule has 0 N–H and O–H groups in total. The summed E-state index contributed by atoms with van der Waals surface area (Å²) in [6.45, 7) is 0. The van der Waals surface area contributed by atoms with Crippen LogP contribution < -0.4 is 4.74 Å². The first-order valence-corrected chi connectivity index (χ1v) is 6.09. The summed E-state index contributed by atoms with van der Waals surface area (Å²) in [5.74, 6) is 0.859. The van der Waals surface area contributed by atoms with Gasteiger partial charge in [0.2, 0.25) is 0 Å². The normalized spacial score (nSPS) is 10.7. The summed E-state index contributed by atoms with van der Waals surface area (Å²) >= 11 is 0. The maximum atomic E-state index is 5.10. The van der Waals surface area contributed by atoms with Gasteiger partial charge < -0.3 is 4.74 Å². The van der Waals surface area contributed by atoms with Gasteiger partial charge in [-0.05, 0) is 42.7 Å². The van der Waals surface area contributed by atoms with Gasteiger partial charge in [0, 0.05) is 6.21 Å². The van der Waals surface area contributed by atoms with Crippen LogP contribution in [-0.2, 0) is 6.42 Å². The number of ether oxygens (including phenoxy) is 1. The molecule has 0 aliphatic heterocycles. The van der Waals surface area contributed by atoms with Crippen LogP contribution in [0.5, 0.6) is 5.75 Å². The molecule has 0 bridgehead atoms. The van der Waals surface area contributed by atoms with E-state index in [2.05, 4.69) is 29.3 Å². The van der Waals surface area contributed by atoms with E-state index in [1.807, 2.05) is 36.5 Å². The van der Waals surface area contributed by atoms with Crippen molar-refractivity contribution in [2.45, 2.75) is 12.8 Å². The zero-order valence-corrected chi connectivity index (χ0v) is 10.5. The number of hydrogen-bond acceptors (Lipinski definition) is 2. The molecule has 2 aromatic carbocycles. The molecule has 0 fully saturated rings. The van der Waals surface area contributed by atoms with Gasteiger partial charge in [-0.3, -0.25) is 4.99 Å². The Balaban J connectivity index is 1.84. The molecule has 0 unspecified atom stereocenters. The standard InChI is InChI=1S/C16H17NO/c1-18-16-11-9-15(10-12-16)17-13-5-8-14-6-3-2-4-7-14/h2-4,6-7,9-13H,5,8H2,1H3. The maximum Gasteiger partial charge on any atom is 0.119 e. The van der Waals surface area contributed by atoms with Gasteiger partial charge in [0.05, 0.1) is 12.8 Å². The molecule has 18 heavy (non-hydrogen) atoms. The van der Waals surface area contributed by atoms with Crippen molar-refractivity contribution in [3.05, 3.63) is 60.2 Å². The van der Waals surface area contributed by atoms with E-state index in [0.717, 1.165) is 24.3 Å².